The van der Waals surface area contributed by atoms with Crippen molar-refractivity contribution in [3.05, 3.63) is 96.4 Å². The van der Waals surface area contributed by atoms with Gasteiger partial charge in [0.15, 0.2) is 0 Å². The van der Waals surface area contributed by atoms with E-state index < -0.39 is 17.8 Å². The first-order valence-corrected chi connectivity index (χ1v) is 12.1. The van der Waals surface area contributed by atoms with Crippen LogP contribution in [0.4, 0.5) is 10.5 Å². The van der Waals surface area contributed by atoms with Crippen LogP contribution in [0, 0.1) is 0 Å². The van der Waals surface area contributed by atoms with Gasteiger partial charge in [0.1, 0.15) is 17.9 Å². The molecule has 0 bridgehead atoms. The minimum absolute atomic E-state index is 0.201. The standard InChI is InChI=1S/C24H14Br2Cl2N2O4/c25-15-9-14(21(20(26)11-15)34-12-13-2-1-3-17(28)8-13)10-19-22(31)29-24(33)30(23(19)32)18-6-4-16(27)5-7-18/h1-11H,12H2,(H,29,31,33)/b19-10+. The lowest BCUT2D eigenvalue weighted by Gasteiger charge is -2.26. The predicted molar refractivity (Wildman–Crippen MR) is 138 cm³/mol. The van der Waals surface area contributed by atoms with Crippen molar-refractivity contribution in [3.8, 4) is 5.75 Å². The first-order valence-electron chi connectivity index (χ1n) is 9.76. The maximum absolute atomic E-state index is 13.2. The summed E-state index contributed by atoms with van der Waals surface area (Å²) < 4.78 is 7.30. The SMILES string of the molecule is O=C1NC(=O)N(c2ccc(Cl)cc2)C(=O)/C1=C/c1cc(Br)cc(Br)c1OCc1cccc(Cl)c1. The fraction of sp³-hybridized carbons (Fsp3) is 0.0417. The Morgan fingerprint density at radius 2 is 1.68 bits per heavy atom. The number of imide groups is 2. The van der Waals surface area contributed by atoms with Crippen LogP contribution in [0.15, 0.2) is 75.2 Å². The first kappa shape index (κ1) is 24.5. The van der Waals surface area contributed by atoms with Crippen molar-refractivity contribution in [3.63, 3.8) is 0 Å². The van der Waals surface area contributed by atoms with Crippen molar-refractivity contribution in [2.45, 2.75) is 6.61 Å². The number of nitrogens with zero attached hydrogens (tertiary/aromatic N) is 1. The predicted octanol–water partition coefficient (Wildman–Crippen LogP) is 6.76. The third kappa shape index (κ3) is 5.36. The van der Waals surface area contributed by atoms with E-state index in [0.717, 1.165) is 10.5 Å². The number of halogens is 4. The first-order chi connectivity index (χ1) is 16.2. The fourth-order valence-corrected chi connectivity index (χ4v) is 4.97. The molecule has 0 aliphatic carbocycles. The quantitative estimate of drug-likeness (QED) is 0.251. The number of rotatable bonds is 5. The van der Waals surface area contributed by atoms with Crippen molar-refractivity contribution in [1.82, 2.24) is 5.32 Å². The molecule has 0 aromatic heterocycles. The van der Waals surface area contributed by atoms with Crippen LogP contribution in [-0.4, -0.2) is 17.8 Å². The molecule has 3 aromatic rings. The van der Waals surface area contributed by atoms with E-state index in [1.165, 1.54) is 18.2 Å². The minimum atomic E-state index is -0.845. The largest absolute Gasteiger partial charge is 0.487 e. The monoisotopic (exact) mass is 622 g/mol. The summed E-state index contributed by atoms with van der Waals surface area (Å²) in [4.78, 5) is 39.1. The van der Waals surface area contributed by atoms with Crippen LogP contribution in [0.25, 0.3) is 6.08 Å². The molecule has 0 unspecified atom stereocenters. The molecular formula is C24H14Br2Cl2N2O4. The van der Waals surface area contributed by atoms with E-state index in [0.29, 0.717) is 30.3 Å². The summed E-state index contributed by atoms with van der Waals surface area (Å²) >= 11 is 18.9. The summed E-state index contributed by atoms with van der Waals surface area (Å²) in [6.07, 6.45) is 1.38. The van der Waals surface area contributed by atoms with Gasteiger partial charge in [0.2, 0.25) is 0 Å². The summed E-state index contributed by atoms with van der Waals surface area (Å²) in [5.41, 5.74) is 1.34. The highest BCUT2D eigenvalue weighted by Crippen LogP contribution is 2.36. The van der Waals surface area contributed by atoms with Gasteiger partial charge in [-0.05, 0) is 76.1 Å². The van der Waals surface area contributed by atoms with E-state index in [4.69, 9.17) is 27.9 Å². The Morgan fingerprint density at radius 3 is 2.38 bits per heavy atom. The van der Waals surface area contributed by atoms with Gasteiger partial charge in [-0.1, -0.05) is 51.3 Å². The molecule has 1 aliphatic rings. The molecule has 1 N–H and O–H groups in total. The molecule has 10 heteroatoms. The summed E-state index contributed by atoms with van der Waals surface area (Å²) in [5, 5.41) is 3.23. The second-order valence-corrected chi connectivity index (χ2v) is 9.80. The molecule has 4 rings (SSSR count). The smallest absolute Gasteiger partial charge is 0.335 e. The number of barbiturate groups is 1. The molecule has 0 saturated carbocycles. The van der Waals surface area contributed by atoms with Gasteiger partial charge in [-0.15, -0.1) is 0 Å². The third-order valence-electron chi connectivity index (χ3n) is 4.80. The third-order valence-corrected chi connectivity index (χ3v) is 6.33. The molecule has 3 aromatic carbocycles. The maximum atomic E-state index is 13.2. The Balaban J connectivity index is 1.71. The number of anilines is 1. The number of amides is 4. The molecule has 6 nitrogen and oxygen atoms in total. The number of nitrogens with one attached hydrogen (secondary N) is 1. The average molecular weight is 625 g/mol. The number of urea groups is 1. The molecule has 4 amide bonds. The summed E-state index contributed by atoms with van der Waals surface area (Å²) in [6, 6.07) is 16.0. The summed E-state index contributed by atoms with van der Waals surface area (Å²) in [7, 11) is 0. The summed E-state index contributed by atoms with van der Waals surface area (Å²) in [5.74, 6) is -1.17. The highest BCUT2D eigenvalue weighted by Gasteiger charge is 2.37. The maximum Gasteiger partial charge on any atom is 0.335 e. The summed E-state index contributed by atoms with van der Waals surface area (Å²) in [6.45, 7) is 0.201. The molecule has 1 saturated heterocycles. The molecule has 0 radical (unpaired) electrons. The zero-order valence-corrected chi connectivity index (χ0v) is 21.8. The van der Waals surface area contributed by atoms with Gasteiger partial charge in [-0.2, -0.15) is 0 Å². The van der Waals surface area contributed by atoms with E-state index in [-0.39, 0.29) is 17.9 Å². The van der Waals surface area contributed by atoms with Crippen molar-refractivity contribution >= 4 is 84.7 Å². The lowest BCUT2D eigenvalue weighted by Crippen LogP contribution is -2.54. The Kier molecular flexibility index (Phi) is 7.42. The highest BCUT2D eigenvalue weighted by atomic mass is 79.9. The van der Waals surface area contributed by atoms with Crippen LogP contribution in [0.1, 0.15) is 11.1 Å². The van der Waals surface area contributed by atoms with Gasteiger partial charge >= 0.3 is 6.03 Å². The lowest BCUT2D eigenvalue weighted by atomic mass is 10.1. The van der Waals surface area contributed by atoms with Gasteiger partial charge in [-0.3, -0.25) is 14.9 Å². The van der Waals surface area contributed by atoms with Gasteiger partial charge in [-0.25, -0.2) is 9.69 Å². The number of ether oxygens (including phenoxy) is 1. The van der Waals surface area contributed by atoms with Crippen molar-refractivity contribution < 1.29 is 19.1 Å². The van der Waals surface area contributed by atoms with E-state index in [9.17, 15) is 14.4 Å². The number of hydrogen-bond donors (Lipinski definition) is 1. The van der Waals surface area contributed by atoms with Gasteiger partial charge in [0.05, 0.1) is 10.2 Å². The topological polar surface area (TPSA) is 75.7 Å². The molecule has 1 heterocycles. The van der Waals surface area contributed by atoms with Crippen LogP contribution in [0.2, 0.25) is 10.0 Å². The highest BCUT2D eigenvalue weighted by molar-refractivity contribution is 9.11. The minimum Gasteiger partial charge on any atom is -0.487 e. The van der Waals surface area contributed by atoms with E-state index in [1.54, 1.807) is 36.4 Å². The van der Waals surface area contributed by atoms with Crippen molar-refractivity contribution in [1.29, 1.82) is 0 Å². The molecule has 0 spiro atoms. The second kappa shape index (κ2) is 10.3. The normalized spacial score (nSPS) is 15.0. The Morgan fingerprint density at radius 1 is 0.941 bits per heavy atom. The van der Waals surface area contributed by atoms with Crippen molar-refractivity contribution in [2.75, 3.05) is 4.90 Å². The van der Waals surface area contributed by atoms with E-state index in [2.05, 4.69) is 37.2 Å². The van der Waals surface area contributed by atoms with E-state index in [1.807, 2.05) is 12.1 Å². The molecule has 0 atom stereocenters. The van der Waals surface area contributed by atoms with Gasteiger partial charge < -0.3 is 4.74 Å². The van der Waals surface area contributed by atoms with Crippen LogP contribution in [-0.2, 0) is 16.2 Å². The van der Waals surface area contributed by atoms with Crippen molar-refractivity contribution in [2.24, 2.45) is 0 Å². The number of carbonyl (C=O) groups excluding carboxylic acids is 3. The van der Waals surface area contributed by atoms with Gasteiger partial charge in [0.25, 0.3) is 11.8 Å². The molecule has 1 aliphatic heterocycles. The fourth-order valence-electron chi connectivity index (χ4n) is 3.26. The molecular weight excluding hydrogens is 611 g/mol. The number of hydrogen-bond acceptors (Lipinski definition) is 4. The molecule has 172 valence electrons. The molecule has 34 heavy (non-hydrogen) atoms. The number of benzene rings is 3. The molecule has 1 fully saturated rings. The van der Waals surface area contributed by atoms with Crippen LogP contribution in [0.5, 0.6) is 5.75 Å². The zero-order chi connectivity index (χ0) is 24.4. The van der Waals surface area contributed by atoms with Crippen LogP contribution < -0.4 is 15.0 Å². The zero-order valence-electron chi connectivity index (χ0n) is 17.2. The second-order valence-electron chi connectivity index (χ2n) is 7.16. The Bertz CT molecular complexity index is 1340. The van der Waals surface area contributed by atoms with Crippen LogP contribution in [0.3, 0.4) is 0 Å². The Hall–Kier alpha value is -2.65. The lowest BCUT2D eigenvalue weighted by molar-refractivity contribution is -0.122. The average Bonchev–Trinajstić information content (AvgIpc) is 2.77. The van der Waals surface area contributed by atoms with E-state index >= 15 is 0 Å². The van der Waals surface area contributed by atoms with Gasteiger partial charge in [0, 0.05) is 20.1 Å². The van der Waals surface area contributed by atoms with Crippen LogP contribution >= 0.6 is 55.1 Å². The Labute approximate surface area is 221 Å². The number of carbonyl (C=O) groups is 3.